The summed E-state index contributed by atoms with van der Waals surface area (Å²) in [6, 6.07) is 6.27. The van der Waals surface area contributed by atoms with Gasteiger partial charge in [0, 0.05) is 6.04 Å². The van der Waals surface area contributed by atoms with Gasteiger partial charge in [0.2, 0.25) is 0 Å². The van der Waals surface area contributed by atoms with Crippen molar-refractivity contribution in [2.24, 2.45) is 5.92 Å². The van der Waals surface area contributed by atoms with E-state index >= 15 is 0 Å². The zero-order valence-electron chi connectivity index (χ0n) is 12.1. The fourth-order valence-corrected chi connectivity index (χ4v) is 2.03. The van der Waals surface area contributed by atoms with Gasteiger partial charge in [-0.2, -0.15) is 0 Å². The standard InChI is InChI=1S/C15H22F3NO/c1-4-19-14(10-5-11(2)3)12-6-8-13(9-7-12)20-15(16,17)18/h6-9,11,14,19H,4-5,10H2,1-3H3. The highest BCUT2D eigenvalue weighted by Crippen LogP contribution is 2.26. The van der Waals surface area contributed by atoms with Crippen molar-refractivity contribution in [2.45, 2.75) is 46.0 Å². The van der Waals surface area contributed by atoms with E-state index in [9.17, 15) is 13.2 Å². The van der Waals surface area contributed by atoms with Gasteiger partial charge in [-0.15, -0.1) is 13.2 Å². The van der Waals surface area contributed by atoms with E-state index in [2.05, 4.69) is 23.9 Å². The van der Waals surface area contributed by atoms with Crippen LogP contribution >= 0.6 is 0 Å². The lowest BCUT2D eigenvalue weighted by Crippen LogP contribution is -2.21. The third kappa shape index (κ3) is 6.28. The molecule has 114 valence electrons. The average Bonchev–Trinajstić information content (AvgIpc) is 2.33. The Labute approximate surface area is 118 Å². The molecule has 0 spiro atoms. The summed E-state index contributed by atoms with van der Waals surface area (Å²) in [6.45, 7) is 7.15. The van der Waals surface area contributed by atoms with E-state index in [0.717, 1.165) is 24.9 Å². The quantitative estimate of drug-likeness (QED) is 0.787. The number of hydrogen-bond donors (Lipinski definition) is 1. The van der Waals surface area contributed by atoms with Gasteiger partial charge in [0.1, 0.15) is 5.75 Å². The Morgan fingerprint density at radius 3 is 2.15 bits per heavy atom. The largest absolute Gasteiger partial charge is 0.573 e. The van der Waals surface area contributed by atoms with Crippen LogP contribution in [0, 0.1) is 5.92 Å². The van der Waals surface area contributed by atoms with Crippen LogP contribution in [0.25, 0.3) is 0 Å². The molecule has 1 atom stereocenters. The normalized spacial score (nSPS) is 13.6. The Morgan fingerprint density at radius 2 is 1.70 bits per heavy atom. The highest BCUT2D eigenvalue weighted by molar-refractivity contribution is 5.29. The molecule has 0 bridgehead atoms. The number of benzene rings is 1. The molecular formula is C15H22F3NO. The second-order valence-electron chi connectivity index (χ2n) is 5.20. The van der Waals surface area contributed by atoms with E-state index in [4.69, 9.17) is 0 Å². The molecule has 0 heterocycles. The van der Waals surface area contributed by atoms with E-state index in [-0.39, 0.29) is 11.8 Å². The van der Waals surface area contributed by atoms with Crippen LogP contribution in [0.3, 0.4) is 0 Å². The number of halogens is 3. The smallest absolute Gasteiger partial charge is 0.406 e. The molecule has 0 aliphatic rings. The molecule has 0 radical (unpaired) electrons. The summed E-state index contributed by atoms with van der Waals surface area (Å²) in [4.78, 5) is 0. The number of hydrogen-bond acceptors (Lipinski definition) is 2. The lowest BCUT2D eigenvalue weighted by molar-refractivity contribution is -0.274. The van der Waals surface area contributed by atoms with E-state index in [0.29, 0.717) is 5.92 Å². The van der Waals surface area contributed by atoms with Gasteiger partial charge in [0.05, 0.1) is 0 Å². The molecule has 20 heavy (non-hydrogen) atoms. The molecule has 1 rings (SSSR count). The van der Waals surface area contributed by atoms with E-state index < -0.39 is 6.36 Å². The Kier molecular flexibility index (Phi) is 6.33. The Hall–Kier alpha value is -1.23. The second-order valence-corrected chi connectivity index (χ2v) is 5.20. The molecule has 0 aliphatic carbocycles. The molecule has 1 aromatic rings. The zero-order chi connectivity index (χ0) is 15.2. The predicted molar refractivity (Wildman–Crippen MR) is 73.6 cm³/mol. The molecule has 0 saturated heterocycles. The topological polar surface area (TPSA) is 21.3 Å². The van der Waals surface area contributed by atoms with Gasteiger partial charge in [-0.05, 0) is 43.0 Å². The first-order chi connectivity index (χ1) is 9.31. The maximum Gasteiger partial charge on any atom is 0.573 e. The maximum atomic E-state index is 12.1. The molecule has 0 amide bonds. The number of alkyl halides is 3. The molecule has 0 fully saturated rings. The summed E-state index contributed by atoms with van der Waals surface area (Å²) in [7, 11) is 0. The molecule has 0 aliphatic heterocycles. The van der Waals surface area contributed by atoms with E-state index in [1.54, 1.807) is 12.1 Å². The Bertz CT molecular complexity index is 387. The molecule has 1 aromatic carbocycles. The first kappa shape index (κ1) is 16.8. The SMILES string of the molecule is CCNC(CCC(C)C)c1ccc(OC(F)(F)F)cc1. The van der Waals surface area contributed by atoms with Crippen molar-refractivity contribution < 1.29 is 17.9 Å². The first-order valence-electron chi connectivity index (χ1n) is 6.91. The van der Waals surface area contributed by atoms with Gasteiger partial charge >= 0.3 is 6.36 Å². The van der Waals surface area contributed by atoms with Crippen LogP contribution in [0.4, 0.5) is 13.2 Å². The van der Waals surface area contributed by atoms with Gasteiger partial charge in [0.25, 0.3) is 0 Å². The van der Waals surface area contributed by atoms with Crippen LogP contribution in [0.2, 0.25) is 0 Å². The minimum atomic E-state index is -4.64. The molecular weight excluding hydrogens is 267 g/mol. The fourth-order valence-electron chi connectivity index (χ4n) is 2.03. The number of nitrogens with one attached hydrogen (secondary N) is 1. The summed E-state index contributed by atoms with van der Waals surface area (Å²) in [5.74, 6) is 0.421. The van der Waals surface area contributed by atoms with Gasteiger partial charge in [-0.1, -0.05) is 32.9 Å². The van der Waals surface area contributed by atoms with Crippen molar-refractivity contribution in [1.82, 2.24) is 5.32 Å². The van der Waals surface area contributed by atoms with Crippen molar-refractivity contribution in [2.75, 3.05) is 6.54 Å². The maximum absolute atomic E-state index is 12.1. The van der Waals surface area contributed by atoms with E-state index in [1.807, 2.05) is 6.92 Å². The molecule has 0 aromatic heterocycles. The van der Waals surface area contributed by atoms with Crippen LogP contribution < -0.4 is 10.1 Å². The molecule has 1 N–H and O–H groups in total. The lowest BCUT2D eigenvalue weighted by atomic mass is 9.97. The molecule has 5 heteroatoms. The first-order valence-corrected chi connectivity index (χ1v) is 6.91. The third-order valence-electron chi connectivity index (χ3n) is 3.00. The van der Waals surface area contributed by atoms with Gasteiger partial charge in [0.15, 0.2) is 0 Å². The summed E-state index contributed by atoms with van der Waals surface area (Å²) in [5.41, 5.74) is 0.988. The number of ether oxygens (including phenoxy) is 1. The molecule has 2 nitrogen and oxygen atoms in total. The second kappa shape index (κ2) is 7.53. The summed E-state index contributed by atoms with van der Waals surface area (Å²) in [5, 5.41) is 3.36. The number of rotatable bonds is 7. The van der Waals surface area contributed by atoms with Crippen LogP contribution in [0.5, 0.6) is 5.75 Å². The van der Waals surface area contributed by atoms with Crippen LogP contribution in [-0.2, 0) is 0 Å². The van der Waals surface area contributed by atoms with E-state index in [1.165, 1.54) is 12.1 Å². The van der Waals surface area contributed by atoms with Gasteiger partial charge in [-0.25, -0.2) is 0 Å². The van der Waals surface area contributed by atoms with Crippen molar-refractivity contribution >= 4 is 0 Å². The fraction of sp³-hybridized carbons (Fsp3) is 0.600. The average molecular weight is 289 g/mol. The molecule has 0 saturated carbocycles. The third-order valence-corrected chi connectivity index (χ3v) is 3.00. The predicted octanol–water partition coefficient (Wildman–Crippen LogP) is 4.67. The van der Waals surface area contributed by atoms with Crippen molar-refractivity contribution in [3.05, 3.63) is 29.8 Å². The van der Waals surface area contributed by atoms with Gasteiger partial charge in [-0.3, -0.25) is 0 Å². The van der Waals surface area contributed by atoms with Crippen LogP contribution in [-0.4, -0.2) is 12.9 Å². The van der Waals surface area contributed by atoms with Crippen molar-refractivity contribution in [3.8, 4) is 5.75 Å². The summed E-state index contributed by atoms with van der Waals surface area (Å²) in [6.07, 6.45) is -2.61. The molecule has 1 unspecified atom stereocenters. The lowest BCUT2D eigenvalue weighted by Gasteiger charge is -2.20. The van der Waals surface area contributed by atoms with Crippen LogP contribution in [0.15, 0.2) is 24.3 Å². The highest BCUT2D eigenvalue weighted by Gasteiger charge is 2.31. The Morgan fingerprint density at radius 1 is 1.10 bits per heavy atom. The minimum Gasteiger partial charge on any atom is -0.406 e. The van der Waals surface area contributed by atoms with Crippen molar-refractivity contribution in [3.63, 3.8) is 0 Å². The monoisotopic (exact) mass is 289 g/mol. The summed E-state index contributed by atoms with van der Waals surface area (Å²) < 4.78 is 40.2. The van der Waals surface area contributed by atoms with Gasteiger partial charge < -0.3 is 10.1 Å². The Balaban J connectivity index is 2.71. The van der Waals surface area contributed by atoms with Crippen molar-refractivity contribution in [1.29, 1.82) is 0 Å². The van der Waals surface area contributed by atoms with Crippen LogP contribution in [0.1, 0.15) is 45.2 Å². The zero-order valence-corrected chi connectivity index (χ0v) is 12.1. The summed E-state index contributed by atoms with van der Waals surface area (Å²) >= 11 is 0. The minimum absolute atomic E-state index is 0.169. The highest BCUT2D eigenvalue weighted by atomic mass is 19.4.